The van der Waals surface area contributed by atoms with Gasteiger partial charge in [0, 0.05) is 32.2 Å². The van der Waals surface area contributed by atoms with Crippen LogP contribution in [-0.2, 0) is 10.0 Å². The van der Waals surface area contributed by atoms with Crippen LogP contribution in [0, 0.1) is 0 Å². The van der Waals surface area contributed by atoms with Crippen molar-refractivity contribution in [1.82, 2.24) is 4.31 Å². The van der Waals surface area contributed by atoms with Gasteiger partial charge in [-0.1, -0.05) is 30.3 Å². The number of hydrogen-bond acceptors (Lipinski definition) is 6. The van der Waals surface area contributed by atoms with Gasteiger partial charge in [-0.05, 0) is 36.4 Å². The molecule has 1 fully saturated rings. The number of anilines is 1. The number of carbonyl (C=O) groups is 1. The standard InChI is InChI=1S/C24H24N2O6S/c1-31-22-11-4-5-12-23(22)32-18-7-6-8-19(17-18)33(29,30)26-15-13-25(14-16-26)21-10-3-2-9-20(21)24(27)28/h2-12,17H,13-16H2,1H3,(H,27,28). The maximum Gasteiger partial charge on any atom is 0.337 e. The van der Waals surface area contributed by atoms with E-state index in [0.717, 1.165) is 0 Å². The number of rotatable bonds is 7. The fourth-order valence-electron chi connectivity index (χ4n) is 3.78. The molecule has 0 aliphatic carbocycles. The summed E-state index contributed by atoms with van der Waals surface area (Å²) in [5.41, 5.74) is 0.796. The first kappa shape index (κ1) is 22.6. The third-order valence-corrected chi connectivity index (χ3v) is 7.35. The molecule has 1 aliphatic heterocycles. The first-order chi connectivity index (χ1) is 15.9. The number of hydrogen-bond donors (Lipinski definition) is 1. The van der Waals surface area contributed by atoms with E-state index in [1.807, 2.05) is 11.0 Å². The predicted molar refractivity (Wildman–Crippen MR) is 124 cm³/mol. The van der Waals surface area contributed by atoms with Crippen molar-refractivity contribution in [1.29, 1.82) is 0 Å². The lowest BCUT2D eigenvalue weighted by atomic mass is 10.1. The fraction of sp³-hybridized carbons (Fsp3) is 0.208. The Balaban J connectivity index is 1.50. The Kier molecular flexibility index (Phi) is 6.52. The van der Waals surface area contributed by atoms with Gasteiger partial charge in [0.2, 0.25) is 10.0 Å². The molecule has 0 spiro atoms. The van der Waals surface area contributed by atoms with Crippen LogP contribution in [0.3, 0.4) is 0 Å². The minimum Gasteiger partial charge on any atom is -0.493 e. The van der Waals surface area contributed by atoms with E-state index in [-0.39, 0.29) is 23.5 Å². The van der Waals surface area contributed by atoms with Gasteiger partial charge in [0.05, 0.1) is 23.3 Å². The van der Waals surface area contributed by atoms with Crippen molar-refractivity contribution in [3.63, 3.8) is 0 Å². The molecule has 1 N–H and O–H groups in total. The van der Waals surface area contributed by atoms with Gasteiger partial charge < -0.3 is 19.5 Å². The van der Waals surface area contributed by atoms with Gasteiger partial charge in [0.1, 0.15) is 5.75 Å². The molecule has 0 aromatic heterocycles. The smallest absolute Gasteiger partial charge is 0.337 e. The van der Waals surface area contributed by atoms with E-state index in [1.54, 1.807) is 54.6 Å². The number of para-hydroxylation sites is 3. The maximum absolute atomic E-state index is 13.3. The molecule has 0 unspecified atom stereocenters. The van der Waals surface area contributed by atoms with Crippen molar-refractivity contribution in [2.45, 2.75) is 4.90 Å². The van der Waals surface area contributed by atoms with Crippen LogP contribution in [0.2, 0.25) is 0 Å². The highest BCUT2D eigenvalue weighted by atomic mass is 32.2. The van der Waals surface area contributed by atoms with Gasteiger partial charge in [-0.25, -0.2) is 13.2 Å². The Hall–Kier alpha value is -3.56. The number of nitrogens with zero attached hydrogens (tertiary/aromatic N) is 2. The van der Waals surface area contributed by atoms with Crippen LogP contribution in [0.25, 0.3) is 0 Å². The summed E-state index contributed by atoms with van der Waals surface area (Å²) in [5.74, 6) is 0.408. The topological polar surface area (TPSA) is 96.4 Å². The molecule has 33 heavy (non-hydrogen) atoms. The Bertz CT molecular complexity index is 1250. The molecule has 1 aliphatic rings. The van der Waals surface area contributed by atoms with E-state index in [2.05, 4.69) is 0 Å². The number of piperazine rings is 1. The normalized spacial score (nSPS) is 14.6. The predicted octanol–water partition coefficient (Wildman–Crippen LogP) is 3.70. The molecule has 0 saturated carbocycles. The van der Waals surface area contributed by atoms with Crippen LogP contribution in [0.15, 0.2) is 77.7 Å². The Morgan fingerprint density at radius 1 is 0.879 bits per heavy atom. The van der Waals surface area contributed by atoms with Gasteiger partial charge in [0.15, 0.2) is 11.5 Å². The van der Waals surface area contributed by atoms with Crippen molar-refractivity contribution >= 4 is 21.7 Å². The average molecular weight is 469 g/mol. The molecule has 3 aromatic carbocycles. The lowest BCUT2D eigenvalue weighted by Gasteiger charge is -2.36. The van der Waals surface area contributed by atoms with E-state index < -0.39 is 16.0 Å². The summed E-state index contributed by atoms with van der Waals surface area (Å²) in [4.78, 5) is 13.6. The molecule has 1 saturated heterocycles. The van der Waals surface area contributed by atoms with E-state index in [9.17, 15) is 18.3 Å². The average Bonchev–Trinajstić information content (AvgIpc) is 2.84. The quantitative estimate of drug-likeness (QED) is 0.565. The van der Waals surface area contributed by atoms with Crippen LogP contribution in [0.4, 0.5) is 5.69 Å². The van der Waals surface area contributed by atoms with Crippen molar-refractivity contribution in [3.05, 3.63) is 78.4 Å². The van der Waals surface area contributed by atoms with E-state index in [1.165, 1.54) is 23.5 Å². The van der Waals surface area contributed by atoms with Gasteiger partial charge in [-0.3, -0.25) is 0 Å². The second kappa shape index (κ2) is 9.51. The summed E-state index contributed by atoms with van der Waals surface area (Å²) < 4.78 is 39.1. The monoisotopic (exact) mass is 468 g/mol. The number of aromatic carboxylic acids is 1. The molecule has 0 bridgehead atoms. The van der Waals surface area contributed by atoms with Crippen LogP contribution in [0.1, 0.15) is 10.4 Å². The largest absolute Gasteiger partial charge is 0.493 e. The Morgan fingerprint density at radius 3 is 2.24 bits per heavy atom. The van der Waals surface area contributed by atoms with Crippen LogP contribution in [-0.4, -0.2) is 57.1 Å². The zero-order valence-corrected chi connectivity index (χ0v) is 18.9. The molecular formula is C24H24N2O6S. The zero-order chi connectivity index (χ0) is 23.4. The molecule has 172 valence electrons. The Morgan fingerprint density at radius 2 is 1.55 bits per heavy atom. The molecule has 3 aromatic rings. The molecule has 9 heteroatoms. The summed E-state index contributed by atoms with van der Waals surface area (Å²) in [6.07, 6.45) is 0. The maximum atomic E-state index is 13.3. The van der Waals surface area contributed by atoms with Crippen LogP contribution >= 0.6 is 0 Å². The van der Waals surface area contributed by atoms with Crippen molar-refractivity contribution in [3.8, 4) is 17.2 Å². The van der Waals surface area contributed by atoms with E-state index >= 15 is 0 Å². The highest BCUT2D eigenvalue weighted by Gasteiger charge is 2.30. The summed E-state index contributed by atoms with van der Waals surface area (Å²) in [5, 5.41) is 9.44. The first-order valence-electron chi connectivity index (χ1n) is 10.4. The van der Waals surface area contributed by atoms with E-state index in [4.69, 9.17) is 9.47 Å². The number of ether oxygens (including phenoxy) is 2. The minimum atomic E-state index is -3.75. The SMILES string of the molecule is COc1ccccc1Oc1cccc(S(=O)(=O)N2CCN(c3ccccc3C(=O)O)CC2)c1. The molecule has 4 rings (SSSR count). The fourth-order valence-corrected chi connectivity index (χ4v) is 5.23. The van der Waals surface area contributed by atoms with Gasteiger partial charge in [-0.2, -0.15) is 4.31 Å². The second-order valence-corrected chi connectivity index (χ2v) is 9.38. The number of carboxylic acids is 1. The highest BCUT2D eigenvalue weighted by Crippen LogP contribution is 2.32. The summed E-state index contributed by atoms with van der Waals surface area (Å²) in [7, 11) is -2.21. The number of methoxy groups -OCH3 is 1. The third-order valence-electron chi connectivity index (χ3n) is 5.45. The molecule has 8 nitrogen and oxygen atoms in total. The summed E-state index contributed by atoms with van der Waals surface area (Å²) in [6.45, 7) is 1.27. The van der Waals surface area contributed by atoms with Crippen molar-refractivity contribution in [2.75, 3.05) is 38.2 Å². The zero-order valence-electron chi connectivity index (χ0n) is 18.0. The highest BCUT2D eigenvalue weighted by molar-refractivity contribution is 7.89. The van der Waals surface area contributed by atoms with E-state index in [0.29, 0.717) is 36.0 Å². The summed E-state index contributed by atoms with van der Waals surface area (Å²) >= 11 is 0. The molecule has 0 radical (unpaired) electrons. The lowest BCUT2D eigenvalue weighted by molar-refractivity contribution is 0.0697. The van der Waals surface area contributed by atoms with Gasteiger partial charge in [0.25, 0.3) is 0 Å². The van der Waals surface area contributed by atoms with Gasteiger partial charge >= 0.3 is 5.97 Å². The molecule has 0 amide bonds. The van der Waals surface area contributed by atoms with Crippen LogP contribution < -0.4 is 14.4 Å². The molecular weight excluding hydrogens is 444 g/mol. The van der Waals surface area contributed by atoms with Crippen molar-refractivity contribution < 1.29 is 27.8 Å². The molecule has 1 heterocycles. The van der Waals surface area contributed by atoms with Crippen molar-refractivity contribution in [2.24, 2.45) is 0 Å². The number of carboxylic acid groups (broad SMARTS) is 1. The lowest BCUT2D eigenvalue weighted by Crippen LogP contribution is -2.49. The number of benzene rings is 3. The van der Waals surface area contributed by atoms with Gasteiger partial charge in [-0.15, -0.1) is 0 Å². The minimum absolute atomic E-state index is 0.134. The second-order valence-electron chi connectivity index (χ2n) is 7.44. The third kappa shape index (κ3) is 4.79. The first-order valence-corrected chi connectivity index (χ1v) is 11.8. The number of sulfonamides is 1. The summed E-state index contributed by atoms with van der Waals surface area (Å²) in [6, 6.07) is 20.2. The van der Waals surface area contributed by atoms with Crippen LogP contribution in [0.5, 0.6) is 17.2 Å². The Labute approximate surface area is 192 Å². The molecule has 0 atom stereocenters.